The maximum Gasteiger partial charge on any atom is 0.296 e. The smallest absolute Gasteiger partial charge is 0.296 e. The van der Waals surface area contributed by atoms with Crippen LogP contribution in [0.3, 0.4) is 0 Å². The van der Waals surface area contributed by atoms with Crippen molar-refractivity contribution in [2.24, 2.45) is 7.05 Å². The standard InChI is InChI=1S/C13H18N2O4/c1-13(19)5-7-15(8-10(13)16)12(18)11(17)9-4-3-6-14(9)2/h3-4,6,10,16,19H,5,7-8H2,1-2H3/t10-,13+/m0/s1. The molecule has 1 aliphatic heterocycles. The minimum Gasteiger partial charge on any atom is -0.388 e. The second-order valence-corrected chi connectivity index (χ2v) is 5.21. The number of aromatic nitrogens is 1. The van der Waals surface area contributed by atoms with Crippen molar-refractivity contribution in [3.63, 3.8) is 0 Å². The Morgan fingerprint density at radius 3 is 2.68 bits per heavy atom. The lowest BCUT2D eigenvalue weighted by molar-refractivity contribution is -0.141. The molecule has 0 saturated carbocycles. The molecule has 19 heavy (non-hydrogen) atoms. The van der Waals surface area contributed by atoms with E-state index in [0.717, 1.165) is 0 Å². The molecular formula is C13H18N2O4. The summed E-state index contributed by atoms with van der Waals surface area (Å²) in [5, 5.41) is 19.6. The molecule has 2 atom stereocenters. The van der Waals surface area contributed by atoms with E-state index in [9.17, 15) is 19.8 Å². The molecule has 6 nitrogen and oxygen atoms in total. The third kappa shape index (κ3) is 2.54. The fraction of sp³-hybridized carbons (Fsp3) is 0.538. The minimum atomic E-state index is -1.20. The number of aliphatic hydroxyl groups excluding tert-OH is 1. The Morgan fingerprint density at radius 2 is 2.16 bits per heavy atom. The molecule has 6 heteroatoms. The molecule has 1 aromatic rings. The molecule has 0 aliphatic carbocycles. The van der Waals surface area contributed by atoms with Crippen molar-refractivity contribution in [1.29, 1.82) is 0 Å². The quantitative estimate of drug-likeness (QED) is 0.561. The second-order valence-electron chi connectivity index (χ2n) is 5.21. The van der Waals surface area contributed by atoms with Crippen LogP contribution in [0.5, 0.6) is 0 Å². The van der Waals surface area contributed by atoms with Gasteiger partial charge in [-0.05, 0) is 25.5 Å². The van der Waals surface area contributed by atoms with Gasteiger partial charge in [0.2, 0.25) is 0 Å². The van der Waals surface area contributed by atoms with Gasteiger partial charge in [-0.15, -0.1) is 0 Å². The first-order valence-corrected chi connectivity index (χ1v) is 6.18. The van der Waals surface area contributed by atoms with Gasteiger partial charge in [-0.2, -0.15) is 0 Å². The molecule has 2 heterocycles. The van der Waals surface area contributed by atoms with Crippen molar-refractivity contribution in [1.82, 2.24) is 9.47 Å². The van der Waals surface area contributed by atoms with Gasteiger partial charge in [0.15, 0.2) is 0 Å². The maximum atomic E-state index is 12.1. The summed E-state index contributed by atoms with van der Waals surface area (Å²) < 4.78 is 1.58. The van der Waals surface area contributed by atoms with Gasteiger partial charge in [-0.1, -0.05) is 0 Å². The predicted molar refractivity (Wildman–Crippen MR) is 67.6 cm³/mol. The van der Waals surface area contributed by atoms with Crippen LogP contribution in [-0.2, 0) is 11.8 Å². The highest BCUT2D eigenvalue weighted by Gasteiger charge is 2.39. The molecule has 2 N–H and O–H groups in total. The normalized spacial score (nSPS) is 27.4. The number of hydrogen-bond acceptors (Lipinski definition) is 4. The van der Waals surface area contributed by atoms with E-state index in [-0.39, 0.29) is 19.5 Å². The van der Waals surface area contributed by atoms with E-state index >= 15 is 0 Å². The highest BCUT2D eigenvalue weighted by atomic mass is 16.3. The summed E-state index contributed by atoms with van der Waals surface area (Å²) in [6, 6.07) is 3.27. The third-order valence-electron chi connectivity index (χ3n) is 3.66. The van der Waals surface area contributed by atoms with Crippen LogP contribution in [0, 0.1) is 0 Å². The van der Waals surface area contributed by atoms with E-state index in [4.69, 9.17) is 0 Å². The van der Waals surface area contributed by atoms with Crippen LogP contribution in [0.4, 0.5) is 0 Å². The molecular weight excluding hydrogens is 248 g/mol. The van der Waals surface area contributed by atoms with Gasteiger partial charge in [0.1, 0.15) is 0 Å². The number of nitrogens with zero attached hydrogens (tertiary/aromatic N) is 2. The summed E-state index contributed by atoms with van der Waals surface area (Å²) in [6.07, 6.45) is 0.905. The van der Waals surface area contributed by atoms with Gasteiger partial charge in [-0.25, -0.2) is 0 Å². The molecule has 0 radical (unpaired) electrons. The lowest BCUT2D eigenvalue weighted by atomic mass is 9.90. The van der Waals surface area contributed by atoms with Crippen LogP contribution in [-0.4, -0.2) is 56.2 Å². The maximum absolute atomic E-state index is 12.1. The molecule has 0 bridgehead atoms. The Balaban J connectivity index is 2.10. The zero-order valence-electron chi connectivity index (χ0n) is 11.0. The van der Waals surface area contributed by atoms with Gasteiger partial charge < -0.3 is 19.7 Å². The van der Waals surface area contributed by atoms with Gasteiger partial charge >= 0.3 is 0 Å². The van der Waals surface area contributed by atoms with E-state index in [1.54, 1.807) is 29.9 Å². The van der Waals surface area contributed by atoms with Crippen molar-refractivity contribution < 1.29 is 19.8 Å². The number of rotatable bonds is 2. The molecule has 0 spiro atoms. The van der Waals surface area contributed by atoms with Crippen LogP contribution >= 0.6 is 0 Å². The van der Waals surface area contributed by atoms with Crippen molar-refractivity contribution in [2.75, 3.05) is 13.1 Å². The minimum absolute atomic E-state index is 0.0258. The number of likely N-dealkylation sites (tertiary alicyclic amines) is 1. The van der Waals surface area contributed by atoms with Crippen LogP contribution in [0.25, 0.3) is 0 Å². The average molecular weight is 266 g/mol. The number of β-amino-alcohol motifs (C(OH)–C–C–N with tert-alkyl or cyclic N) is 1. The molecule has 104 valence electrons. The Morgan fingerprint density at radius 1 is 1.47 bits per heavy atom. The number of hydrogen-bond donors (Lipinski definition) is 2. The lowest BCUT2D eigenvalue weighted by Gasteiger charge is -2.39. The highest BCUT2D eigenvalue weighted by molar-refractivity contribution is 6.42. The molecule has 0 unspecified atom stereocenters. The predicted octanol–water partition coefficient (Wildman–Crippen LogP) is -0.448. The largest absolute Gasteiger partial charge is 0.388 e. The van der Waals surface area contributed by atoms with Crippen LogP contribution in [0.15, 0.2) is 18.3 Å². The Hall–Kier alpha value is -1.66. The number of Topliss-reactive ketones (excluding diaryl/α,β-unsaturated/α-hetero) is 1. The van der Waals surface area contributed by atoms with Crippen LogP contribution in [0.1, 0.15) is 23.8 Å². The van der Waals surface area contributed by atoms with Gasteiger partial charge in [0, 0.05) is 26.3 Å². The molecule has 2 rings (SSSR count). The zero-order chi connectivity index (χ0) is 14.2. The number of aryl methyl sites for hydroxylation is 1. The van der Waals surface area contributed by atoms with Gasteiger partial charge in [-0.3, -0.25) is 9.59 Å². The summed E-state index contributed by atoms with van der Waals surface area (Å²) in [5.41, 5.74) is -0.887. The van der Waals surface area contributed by atoms with Crippen LogP contribution in [0.2, 0.25) is 0 Å². The lowest BCUT2D eigenvalue weighted by Crippen LogP contribution is -2.56. The van der Waals surface area contributed by atoms with Crippen molar-refractivity contribution in [3.8, 4) is 0 Å². The molecule has 1 aromatic heterocycles. The van der Waals surface area contributed by atoms with Gasteiger partial charge in [0.25, 0.3) is 11.7 Å². The second kappa shape index (κ2) is 4.79. The SMILES string of the molecule is Cn1cccc1C(=O)C(=O)N1CC[C@@](C)(O)[C@@H](O)C1. The average Bonchev–Trinajstić information content (AvgIpc) is 2.77. The van der Waals surface area contributed by atoms with E-state index in [2.05, 4.69) is 0 Å². The van der Waals surface area contributed by atoms with E-state index in [0.29, 0.717) is 5.69 Å². The Bertz CT molecular complexity index is 506. The Labute approximate surface area is 111 Å². The molecule has 1 aliphatic rings. The Kier molecular flexibility index (Phi) is 3.47. The zero-order valence-corrected chi connectivity index (χ0v) is 11.0. The summed E-state index contributed by atoms with van der Waals surface area (Å²) >= 11 is 0. The van der Waals surface area contributed by atoms with E-state index < -0.39 is 23.4 Å². The molecule has 0 aromatic carbocycles. The number of piperidine rings is 1. The van der Waals surface area contributed by atoms with E-state index in [1.165, 1.54) is 11.8 Å². The first kappa shape index (κ1) is 13.8. The topological polar surface area (TPSA) is 82.8 Å². The molecule has 1 amide bonds. The van der Waals surface area contributed by atoms with Crippen molar-refractivity contribution in [2.45, 2.75) is 25.0 Å². The number of carbonyl (C=O) groups is 2. The first-order chi connectivity index (χ1) is 8.83. The van der Waals surface area contributed by atoms with Crippen LogP contribution < -0.4 is 0 Å². The summed E-state index contributed by atoms with van der Waals surface area (Å²) in [4.78, 5) is 25.4. The monoisotopic (exact) mass is 266 g/mol. The van der Waals surface area contributed by atoms with Crippen molar-refractivity contribution >= 4 is 11.7 Å². The summed E-state index contributed by atoms with van der Waals surface area (Å²) in [7, 11) is 1.69. The third-order valence-corrected chi connectivity index (χ3v) is 3.66. The highest BCUT2D eigenvalue weighted by Crippen LogP contribution is 2.22. The summed E-state index contributed by atoms with van der Waals surface area (Å²) in [6.45, 7) is 1.76. The number of ketones is 1. The van der Waals surface area contributed by atoms with E-state index in [1.807, 2.05) is 0 Å². The number of carbonyl (C=O) groups excluding carboxylic acids is 2. The van der Waals surface area contributed by atoms with Crippen molar-refractivity contribution in [3.05, 3.63) is 24.0 Å². The fourth-order valence-electron chi connectivity index (χ4n) is 2.16. The fourth-order valence-corrected chi connectivity index (χ4v) is 2.16. The number of aliphatic hydroxyl groups is 2. The molecule has 1 saturated heterocycles. The number of amides is 1. The first-order valence-electron chi connectivity index (χ1n) is 6.18. The molecule has 1 fully saturated rings. The summed E-state index contributed by atoms with van der Waals surface area (Å²) in [5.74, 6) is -1.24. The van der Waals surface area contributed by atoms with Gasteiger partial charge in [0.05, 0.1) is 17.4 Å².